The third kappa shape index (κ3) is 2.48. The lowest BCUT2D eigenvalue weighted by Crippen LogP contribution is -2.08. The quantitative estimate of drug-likeness (QED) is 0.780. The van der Waals surface area contributed by atoms with Crippen LogP contribution in [-0.2, 0) is 0 Å². The third-order valence-corrected chi connectivity index (χ3v) is 3.35. The van der Waals surface area contributed by atoms with Crippen molar-refractivity contribution in [2.24, 2.45) is 0 Å². The van der Waals surface area contributed by atoms with Gasteiger partial charge in [0.1, 0.15) is 0 Å². The van der Waals surface area contributed by atoms with Gasteiger partial charge in [0, 0.05) is 16.7 Å². The summed E-state index contributed by atoms with van der Waals surface area (Å²) in [7, 11) is 0. The predicted octanol–water partition coefficient (Wildman–Crippen LogP) is 3.74. The standard InChI is InChI=1S/C17H16O2/c1-11-7-4-5-8-14(11)17(19)16-10-6-9-15(12(16)2)13(3)18/h4-10H,1-3H3. The summed E-state index contributed by atoms with van der Waals surface area (Å²) in [5.74, 6) is -0.0457. The molecule has 0 radical (unpaired) electrons. The highest BCUT2D eigenvalue weighted by Crippen LogP contribution is 2.20. The number of aryl methyl sites for hydroxylation is 1. The van der Waals surface area contributed by atoms with Gasteiger partial charge in [-0.2, -0.15) is 0 Å². The molecule has 0 aliphatic carbocycles. The fourth-order valence-corrected chi connectivity index (χ4v) is 2.24. The van der Waals surface area contributed by atoms with E-state index in [1.807, 2.05) is 38.1 Å². The van der Waals surface area contributed by atoms with Crippen molar-refractivity contribution >= 4 is 11.6 Å². The van der Waals surface area contributed by atoms with Crippen molar-refractivity contribution in [3.63, 3.8) is 0 Å². The van der Waals surface area contributed by atoms with Crippen LogP contribution in [0, 0.1) is 13.8 Å². The highest BCUT2D eigenvalue weighted by Gasteiger charge is 2.16. The van der Waals surface area contributed by atoms with Crippen LogP contribution in [0.1, 0.15) is 44.3 Å². The largest absolute Gasteiger partial charge is 0.295 e. The molecule has 2 aromatic rings. The Morgan fingerprint density at radius 2 is 1.37 bits per heavy atom. The first-order valence-corrected chi connectivity index (χ1v) is 6.23. The Labute approximate surface area is 113 Å². The molecule has 2 aromatic carbocycles. The number of hydrogen-bond acceptors (Lipinski definition) is 2. The van der Waals surface area contributed by atoms with Crippen LogP contribution < -0.4 is 0 Å². The van der Waals surface area contributed by atoms with Gasteiger partial charge in [0.15, 0.2) is 11.6 Å². The fourth-order valence-electron chi connectivity index (χ4n) is 2.24. The first kappa shape index (κ1) is 13.2. The molecule has 2 rings (SSSR count). The van der Waals surface area contributed by atoms with Gasteiger partial charge in [-0.25, -0.2) is 0 Å². The van der Waals surface area contributed by atoms with Gasteiger partial charge in [-0.3, -0.25) is 9.59 Å². The van der Waals surface area contributed by atoms with Crippen LogP contribution in [-0.4, -0.2) is 11.6 Å². The summed E-state index contributed by atoms with van der Waals surface area (Å²) in [6.07, 6.45) is 0. The Kier molecular flexibility index (Phi) is 3.61. The SMILES string of the molecule is CC(=O)c1cccc(C(=O)c2ccccc2C)c1C. The maximum absolute atomic E-state index is 12.6. The Morgan fingerprint density at radius 3 is 2.00 bits per heavy atom. The first-order chi connectivity index (χ1) is 9.02. The van der Waals surface area contributed by atoms with Crippen LogP contribution in [0.3, 0.4) is 0 Å². The molecule has 0 unspecified atom stereocenters. The Bertz CT molecular complexity index is 654. The van der Waals surface area contributed by atoms with E-state index in [9.17, 15) is 9.59 Å². The van der Waals surface area contributed by atoms with Gasteiger partial charge in [-0.05, 0) is 31.9 Å². The van der Waals surface area contributed by atoms with Crippen LogP contribution in [0.5, 0.6) is 0 Å². The van der Waals surface area contributed by atoms with Crippen LogP contribution in [0.15, 0.2) is 42.5 Å². The van der Waals surface area contributed by atoms with Crippen molar-refractivity contribution in [1.82, 2.24) is 0 Å². The zero-order valence-corrected chi connectivity index (χ0v) is 11.4. The summed E-state index contributed by atoms with van der Waals surface area (Å²) in [4.78, 5) is 24.1. The first-order valence-electron chi connectivity index (χ1n) is 6.23. The van der Waals surface area contributed by atoms with E-state index in [0.717, 1.165) is 11.1 Å². The molecule has 0 spiro atoms. The smallest absolute Gasteiger partial charge is 0.193 e. The molecule has 0 fully saturated rings. The van der Waals surface area contributed by atoms with E-state index < -0.39 is 0 Å². The van der Waals surface area contributed by atoms with Crippen LogP contribution in [0.4, 0.5) is 0 Å². The average Bonchev–Trinajstić information content (AvgIpc) is 2.38. The lowest BCUT2D eigenvalue weighted by atomic mass is 9.92. The molecule has 19 heavy (non-hydrogen) atoms. The molecule has 0 N–H and O–H groups in total. The molecule has 0 aliphatic rings. The van der Waals surface area contributed by atoms with Crippen molar-refractivity contribution < 1.29 is 9.59 Å². The minimum atomic E-state index is -0.0290. The summed E-state index contributed by atoms with van der Waals surface area (Å²) in [5.41, 5.74) is 3.59. The molecule has 0 aliphatic heterocycles. The molecule has 0 atom stereocenters. The number of carbonyl (C=O) groups excluding carboxylic acids is 2. The monoisotopic (exact) mass is 252 g/mol. The van der Waals surface area contributed by atoms with Crippen LogP contribution in [0.25, 0.3) is 0 Å². The van der Waals surface area contributed by atoms with E-state index in [-0.39, 0.29) is 11.6 Å². The van der Waals surface area contributed by atoms with Gasteiger partial charge in [-0.15, -0.1) is 0 Å². The van der Waals surface area contributed by atoms with Gasteiger partial charge in [0.05, 0.1) is 0 Å². The molecule has 2 nitrogen and oxygen atoms in total. The maximum atomic E-state index is 12.6. The number of hydrogen-bond donors (Lipinski definition) is 0. The second kappa shape index (κ2) is 5.19. The predicted molar refractivity (Wildman–Crippen MR) is 75.8 cm³/mol. The maximum Gasteiger partial charge on any atom is 0.193 e. The van der Waals surface area contributed by atoms with E-state index in [1.54, 1.807) is 18.2 Å². The lowest BCUT2D eigenvalue weighted by molar-refractivity contribution is 0.101. The Morgan fingerprint density at radius 1 is 0.789 bits per heavy atom. The van der Waals surface area contributed by atoms with E-state index in [2.05, 4.69) is 0 Å². The summed E-state index contributed by atoms with van der Waals surface area (Å²) < 4.78 is 0. The highest BCUT2D eigenvalue weighted by atomic mass is 16.1. The van der Waals surface area contributed by atoms with Gasteiger partial charge >= 0.3 is 0 Å². The van der Waals surface area contributed by atoms with Gasteiger partial charge < -0.3 is 0 Å². The zero-order valence-electron chi connectivity index (χ0n) is 11.4. The minimum Gasteiger partial charge on any atom is -0.295 e. The number of ketones is 2. The van der Waals surface area contributed by atoms with Crippen LogP contribution >= 0.6 is 0 Å². The molecular weight excluding hydrogens is 236 g/mol. The van der Waals surface area contributed by atoms with E-state index in [4.69, 9.17) is 0 Å². The summed E-state index contributed by atoms with van der Waals surface area (Å²) in [6, 6.07) is 12.8. The molecular formula is C17H16O2. The van der Waals surface area contributed by atoms with Crippen molar-refractivity contribution in [3.8, 4) is 0 Å². The average molecular weight is 252 g/mol. The fraction of sp³-hybridized carbons (Fsp3) is 0.176. The van der Waals surface area contributed by atoms with Gasteiger partial charge in [-0.1, -0.05) is 42.5 Å². The molecule has 0 aromatic heterocycles. The highest BCUT2D eigenvalue weighted by molar-refractivity contribution is 6.12. The normalized spacial score (nSPS) is 10.3. The number of carbonyl (C=O) groups is 2. The van der Waals surface area contributed by atoms with Gasteiger partial charge in [0.2, 0.25) is 0 Å². The topological polar surface area (TPSA) is 34.1 Å². The second-order valence-corrected chi connectivity index (χ2v) is 4.68. The van der Waals surface area contributed by atoms with E-state index in [1.165, 1.54) is 6.92 Å². The Balaban J connectivity index is 2.55. The lowest BCUT2D eigenvalue weighted by Gasteiger charge is -2.10. The second-order valence-electron chi connectivity index (χ2n) is 4.68. The molecule has 0 heterocycles. The summed E-state index contributed by atoms with van der Waals surface area (Å²) in [5, 5.41) is 0. The van der Waals surface area contributed by atoms with Crippen molar-refractivity contribution in [2.75, 3.05) is 0 Å². The number of Topliss-reactive ketones (excluding diaryl/α,β-unsaturated/α-hetero) is 1. The zero-order chi connectivity index (χ0) is 14.0. The summed E-state index contributed by atoms with van der Waals surface area (Å²) >= 11 is 0. The molecule has 0 amide bonds. The molecule has 0 saturated carbocycles. The molecule has 96 valence electrons. The van der Waals surface area contributed by atoms with Crippen molar-refractivity contribution in [1.29, 1.82) is 0 Å². The van der Waals surface area contributed by atoms with E-state index in [0.29, 0.717) is 16.7 Å². The van der Waals surface area contributed by atoms with Gasteiger partial charge in [0.25, 0.3) is 0 Å². The summed E-state index contributed by atoms with van der Waals surface area (Å²) in [6.45, 7) is 5.25. The van der Waals surface area contributed by atoms with Crippen molar-refractivity contribution in [3.05, 3.63) is 70.3 Å². The molecule has 0 saturated heterocycles. The van der Waals surface area contributed by atoms with Crippen molar-refractivity contribution in [2.45, 2.75) is 20.8 Å². The third-order valence-electron chi connectivity index (χ3n) is 3.35. The number of rotatable bonds is 3. The van der Waals surface area contributed by atoms with E-state index >= 15 is 0 Å². The number of benzene rings is 2. The molecule has 0 bridgehead atoms. The minimum absolute atomic E-state index is 0.0167. The Hall–Kier alpha value is -2.22. The van der Waals surface area contributed by atoms with Crippen LogP contribution in [0.2, 0.25) is 0 Å². The molecule has 2 heteroatoms.